The first-order valence-corrected chi connectivity index (χ1v) is 9.33. The molecule has 0 atom stereocenters. The van der Waals surface area contributed by atoms with Gasteiger partial charge in [0.25, 0.3) is 5.91 Å². The molecule has 2 N–H and O–H groups in total. The number of carbonyl (C=O) groups excluding carboxylic acids is 1. The van der Waals surface area contributed by atoms with Gasteiger partial charge in [-0.15, -0.1) is 6.58 Å². The Balaban J connectivity index is 1.68. The first-order valence-electron chi connectivity index (χ1n) is 9.33. The Bertz CT molecular complexity index is 1070. The van der Waals surface area contributed by atoms with Gasteiger partial charge in [0.15, 0.2) is 0 Å². The summed E-state index contributed by atoms with van der Waals surface area (Å²) in [6.45, 7) is 8.23. The fraction of sp³-hybridized carbons (Fsp3) is 0.174. The average molecular weight is 388 g/mol. The number of amides is 1. The Morgan fingerprint density at radius 1 is 1.24 bits per heavy atom. The number of para-hydroxylation sites is 1. The van der Waals surface area contributed by atoms with Crippen molar-refractivity contribution in [3.05, 3.63) is 94.8 Å². The number of hydrogen-bond donors (Lipinski definition) is 2. The lowest BCUT2D eigenvalue weighted by atomic mass is 10.1. The molecule has 3 aromatic rings. The van der Waals surface area contributed by atoms with Gasteiger partial charge in [0.1, 0.15) is 5.75 Å². The second-order valence-electron chi connectivity index (χ2n) is 6.83. The molecule has 3 rings (SSSR count). The number of carbonyl (C=O) groups is 1. The molecule has 0 saturated heterocycles. The predicted molar refractivity (Wildman–Crippen MR) is 114 cm³/mol. The third-order valence-electron chi connectivity index (χ3n) is 4.51. The molecular weight excluding hydrogens is 364 g/mol. The third-order valence-corrected chi connectivity index (χ3v) is 4.51. The number of nitrogens with one attached hydrogen (secondary N) is 1. The summed E-state index contributed by atoms with van der Waals surface area (Å²) < 4.78 is 1.91. The highest BCUT2D eigenvalue weighted by Gasteiger charge is 2.08. The number of hydrogen-bond acceptors (Lipinski definition) is 4. The molecule has 148 valence electrons. The zero-order chi connectivity index (χ0) is 20.8. The number of benzene rings is 2. The van der Waals surface area contributed by atoms with Crippen molar-refractivity contribution in [1.82, 2.24) is 15.2 Å². The summed E-state index contributed by atoms with van der Waals surface area (Å²) in [4.78, 5) is 12.4. The van der Waals surface area contributed by atoms with Crippen LogP contribution in [0, 0.1) is 13.8 Å². The van der Waals surface area contributed by atoms with Crippen LogP contribution < -0.4 is 5.43 Å². The summed E-state index contributed by atoms with van der Waals surface area (Å²) in [7, 11) is 0. The molecule has 1 aromatic heterocycles. The van der Waals surface area contributed by atoms with Crippen molar-refractivity contribution < 1.29 is 9.90 Å². The highest BCUT2D eigenvalue weighted by atomic mass is 16.3. The van der Waals surface area contributed by atoms with Crippen molar-refractivity contribution >= 4 is 12.1 Å². The van der Waals surface area contributed by atoms with Gasteiger partial charge in [-0.25, -0.2) is 5.43 Å². The van der Waals surface area contributed by atoms with Crippen molar-refractivity contribution in [3.8, 4) is 5.75 Å². The van der Waals surface area contributed by atoms with E-state index in [-0.39, 0.29) is 11.7 Å². The summed E-state index contributed by atoms with van der Waals surface area (Å²) in [6.07, 6.45) is 3.71. The number of allylic oxidation sites excluding steroid dienone is 1. The summed E-state index contributed by atoms with van der Waals surface area (Å²) in [5, 5.41) is 18.7. The first kappa shape index (κ1) is 20.1. The second kappa shape index (κ2) is 9.01. The normalized spacial score (nSPS) is 11.0. The molecule has 0 fully saturated rings. The molecule has 6 heteroatoms. The summed E-state index contributed by atoms with van der Waals surface area (Å²) >= 11 is 0. The molecule has 0 saturated carbocycles. The molecular formula is C23H24N4O2. The maximum Gasteiger partial charge on any atom is 0.271 e. The highest BCUT2D eigenvalue weighted by Crippen LogP contribution is 2.21. The monoisotopic (exact) mass is 388 g/mol. The molecule has 6 nitrogen and oxygen atoms in total. The average Bonchev–Trinajstić information content (AvgIpc) is 3.01. The molecule has 0 aliphatic rings. The fourth-order valence-corrected chi connectivity index (χ4v) is 3.08. The van der Waals surface area contributed by atoms with E-state index in [2.05, 4.69) is 22.2 Å². The third kappa shape index (κ3) is 4.99. The molecule has 2 aromatic carbocycles. The quantitative estimate of drug-likeness (QED) is 0.368. The van der Waals surface area contributed by atoms with E-state index in [1.165, 1.54) is 6.21 Å². The number of aromatic hydroxyl groups is 1. The summed E-state index contributed by atoms with van der Waals surface area (Å²) in [5.41, 5.74) is 7.31. The Morgan fingerprint density at radius 2 is 2.03 bits per heavy atom. The number of phenols is 1. The van der Waals surface area contributed by atoms with Crippen molar-refractivity contribution in [3.63, 3.8) is 0 Å². The van der Waals surface area contributed by atoms with Crippen LogP contribution in [0.5, 0.6) is 5.75 Å². The zero-order valence-corrected chi connectivity index (χ0v) is 16.6. The van der Waals surface area contributed by atoms with E-state index < -0.39 is 0 Å². The molecule has 0 bridgehead atoms. The lowest BCUT2D eigenvalue weighted by Crippen LogP contribution is -2.18. The van der Waals surface area contributed by atoms with E-state index in [9.17, 15) is 9.90 Å². The van der Waals surface area contributed by atoms with E-state index >= 15 is 0 Å². The number of phenolic OH excluding ortho intramolecular Hbond substituents is 1. The minimum Gasteiger partial charge on any atom is -0.507 e. The predicted octanol–water partition coefficient (Wildman–Crippen LogP) is 3.75. The van der Waals surface area contributed by atoms with Crippen molar-refractivity contribution in [1.29, 1.82) is 0 Å². The number of nitrogens with zero attached hydrogens (tertiary/aromatic N) is 3. The minimum atomic E-state index is -0.321. The lowest BCUT2D eigenvalue weighted by molar-refractivity contribution is 0.0955. The molecule has 0 aliphatic heterocycles. The zero-order valence-electron chi connectivity index (χ0n) is 16.6. The van der Waals surface area contributed by atoms with Crippen LogP contribution in [0.1, 0.15) is 38.4 Å². The van der Waals surface area contributed by atoms with E-state index in [1.54, 1.807) is 18.2 Å². The van der Waals surface area contributed by atoms with Crippen molar-refractivity contribution in [2.75, 3.05) is 0 Å². The lowest BCUT2D eigenvalue weighted by Gasteiger charge is -2.07. The smallest absolute Gasteiger partial charge is 0.271 e. The Labute approximate surface area is 170 Å². The topological polar surface area (TPSA) is 79.5 Å². The van der Waals surface area contributed by atoms with Gasteiger partial charge < -0.3 is 5.11 Å². The molecule has 0 spiro atoms. The minimum absolute atomic E-state index is 0.136. The van der Waals surface area contributed by atoms with Gasteiger partial charge in [-0.2, -0.15) is 10.2 Å². The molecule has 1 heterocycles. The van der Waals surface area contributed by atoms with E-state index in [0.717, 1.165) is 22.5 Å². The Hall–Kier alpha value is -3.67. The van der Waals surface area contributed by atoms with Crippen LogP contribution in [0.15, 0.2) is 66.3 Å². The van der Waals surface area contributed by atoms with E-state index in [1.807, 2.05) is 54.9 Å². The number of aromatic nitrogens is 2. The van der Waals surface area contributed by atoms with Gasteiger partial charge in [0.05, 0.1) is 18.5 Å². The maximum atomic E-state index is 12.4. The highest BCUT2D eigenvalue weighted by molar-refractivity contribution is 5.95. The van der Waals surface area contributed by atoms with Crippen molar-refractivity contribution in [2.45, 2.75) is 26.8 Å². The van der Waals surface area contributed by atoms with Crippen LogP contribution in [-0.2, 0) is 13.0 Å². The Kier molecular flexibility index (Phi) is 6.24. The number of rotatable bonds is 7. The van der Waals surface area contributed by atoms with Crippen LogP contribution in [0.3, 0.4) is 0 Å². The van der Waals surface area contributed by atoms with Crippen LogP contribution >= 0.6 is 0 Å². The van der Waals surface area contributed by atoms with Gasteiger partial charge in [0, 0.05) is 16.8 Å². The molecule has 0 radical (unpaired) electrons. The SMILES string of the molecule is C=CCc1cccc(/C=N/NC(=O)c2cccc(Cn3nc(C)cc3C)c2)c1O. The van der Waals surface area contributed by atoms with Gasteiger partial charge in [0.2, 0.25) is 0 Å². The van der Waals surface area contributed by atoms with Gasteiger partial charge in [-0.1, -0.05) is 30.3 Å². The largest absolute Gasteiger partial charge is 0.507 e. The van der Waals surface area contributed by atoms with Gasteiger partial charge >= 0.3 is 0 Å². The summed E-state index contributed by atoms with van der Waals surface area (Å²) in [6, 6.07) is 14.7. The van der Waals surface area contributed by atoms with Crippen LogP contribution in [-0.4, -0.2) is 27.0 Å². The van der Waals surface area contributed by atoms with Crippen LogP contribution in [0.25, 0.3) is 0 Å². The second-order valence-corrected chi connectivity index (χ2v) is 6.83. The van der Waals surface area contributed by atoms with Gasteiger partial charge in [-0.05, 0) is 55.7 Å². The van der Waals surface area contributed by atoms with Gasteiger partial charge in [-0.3, -0.25) is 9.48 Å². The maximum absolute atomic E-state index is 12.4. The van der Waals surface area contributed by atoms with E-state index in [0.29, 0.717) is 24.1 Å². The standard InChI is InChI=1S/C23H24N4O2/c1-4-7-19-9-6-11-21(22(19)28)14-24-25-23(29)20-10-5-8-18(13-20)15-27-17(3)12-16(2)26-27/h4-6,8-14,28H,1,7,15H2,2-3H3,(H,25,29)/b24-14+. The molecule has 1 amide bonds. The molecule has 0 unspecified atom stereocenters. The summed E-state index contributed by atoms with van der Waals surface area (Å²) in [5.74, 6) is -0.185. The van der Waals surface area contributed by atoms with Crippen molar-refractivity contribution in [2.24, 2.45) is 5.10 Å². The van der Waals surface area contributed by atoms with Crippen LogP contribution in [0.4, 0.5) is 0 Å². The molecule has 0 aliphatic carbocycles. The molecule has 29 heavy (non-hydrogen) atoms. The Morgan fingerprint density at radius 3 is 2.76 bits per heavy atom. The fourth-order valence-electron chi connectivity index (χ4n) is 3.08. The number of hydrazone groups is 1. The van der Waals surface area contributed by atoms with Crippen LogP contribution in [0.2, 0.25) is 0 Å². The number of aryl methyl sites for hydroxylation is 2. The first-order chi connectivity index (χ1) is 14.0. The van der Waals surface area contributed by atoms with E-state index in [4.69, 9.17) is 0 Å².